The standard InChI is InChI=1S/C16H19N3O5/c1-10(20)17-11-3-4-13(24-2)12(9-11)18-14(21)7-8-19-15(22)5-6-16(19)23/h3-4,9H,5-8H2,1-2H3,(H,17,20)(H,18,21). The van der Waals surface area contributed by atoms with Crippen LogP contribution in [0.25, 0.3) is 0 Å². The Bertz CT molecular complexity index is 670. The van der Waals surface area contributed by atoms with Gasteiger partial charge in [-0.2, -0.15) is 0 Å². The van der Waals surface area contributed by atoms with Gasteiger partial charge in [-0.3, -0.25) is 24.1 Å². The zero-order valence-electron chi connectivity index (χ0n) is 13.5. The van der Waals surface area contributed by atoms with Crippen LogP contribution in [0, 0.1) is 0 Å². The van der Waals surface area contributed by atoms with E-state index in [2.05, 4.69) is 10.6 Å². The molecule has 0 atom stereocenters. The SMILES string of the molecule is COc1ccc(NC(C)=O)cc1NC(=O)CCN1C(=O)CCC1=O. The highest BCUT2D eigenvalue weighted by Gasteiger charge is 2.28. The molecule has 4 amide bonds. The van der Waals surface area contributed by atoms with E-state index >= 15 is 0 Å². The lowest BCUT2D eigenvalue weighted by Gasteiger charge is -2.15. The van der Waals surface area contributed by atoms with Crippen molar-refractivity contribution in [1.29, 1.82) is 0 Å². The molecule has 1 heterocycles. The van der Waals surface area contributed by atoms with E-state index < -0.39 is 0 Å². The summed E-state index contributed by atoms with van der Waals surface area (Å²) in [6, 6.07) is 4.84. The zero-order chi connectivity index (χ0) is 17.7. The summed E-state index contributed by atoms with van der Waals surface area (Å²) in [7, 11) is 1.46. The third-order valence-electron chi connectivity index (χ3n) is 3.51. The average Bonchev–Trinajstić information content (AvgIpc) is 2.83. The predicted molar refractivity (Wildman–Crippen MR) is 86.5 cm³/mol. The Kier molecular flexibility index (Phi) is 5.51. The van der Waals surface area contributed by atoms with Crippen LogP contribution in [0.15, 0.2) is 18.2 Å². The summed E-state index contributed by atoms with van der Waals surface area (Å²) < 4.78 is 5.17. The molecule has 2 rings (SSSR count). The van der Waals surface area contributed by atoms with Gasteiger partial charge in [0.15, 0.2) is 0 Å². The molecule has 2 N–H and O–H groups in total. The average molecular weight is 333 g/mol. The number of benzene rings is 1. The molecule has 0 spiro atoms. The fourth-order valence-corrected chi connectivity index (χ4v) is 2.39. The normalized spacial score (nSPS) is 13.8. The van der Waals surface area contributed by atoms with E-state index in [9.17, 15) is 19.2 Å². The number of ether oxygens (including phenoxy) is 1. The molecule has 128 valence electrons. The summed E-state index contributed by atoms with van der Waals surface area (Å²) in [4.78, 5) is 47.3. The molecular weight excluding hydrogens is 314 g/mol. The first kappa shape index (κ1) is 17.5. The van der Waals surface area contributed by atoms with E-state index in [1.54, 1.807) is 18.2 Å². The van der Waals surface area contributed by atoms with Crippen LogP contribution in [0.4, 0.5) is 11.4 Å². The Morgan fingerprint density at radius 1 is 1.17 bits per heavy atom. The molecule has 1 aromatic carbocycles. The largest absolute Gasteiger partial charge is 0.495 e. The molecule has 1 fully saturated rings. The number of anilines is 2. The van der Waals surface area contributed by atoms with Crippen molar-refractivity contribution in [3.05, 3.63) is 18.2 Å². The summed E-state index contributed by atoms with van der Waals surface area (Å²) in [6.45, 7) is 1.43. The lowest BCUT2D eigenvalue weighted by molar-refractivity contribution is -0.138. The molecule has 1 aliphatic heterocycles. The molecule has 1 aromatic rings. The first-order chi connectivity index (χ1) is 11.4. The van der Waals surface area contributed by atoms with E-state index in [4.69, 9.17) is 4.74 Å². The van der Waals surface area contributed by atoms with Gasteiger partial charge < -0.3 is 15.4 Å². The molecule has 0 aliphatic carbocycles. The van der Waals surface area contributed by atoms with Crippen molar-refractivity contribution in [3.8, 4) is 5.75 Å². The van der Waals surface area contributed by atoms with Crippen LogP contribution in [0.1, 0.15) is 26.2 Å². The molecule has 8 nitrogen and oxygen atoms in total. The number of hydrogen-bond donors (Lipinski definition) is 2. The van der Waals surface area contributed by atoms with E-state index in [1.807, 2.05) is 0 Å². The number of carbonyl (C=O) groups is 4. The van der Waals surface area contributed by atoms with Gasteiger partial charge in [0, 0.05) is 38.4 Å². The Balaban J connectivity index is 2.00. The fourth-order valence-electron chi connectivity index (χ4n) is 2.39. The maximum atomic E-state index is 12.1. The molecule has 1 saturated heterocycles. The van der Waals surface area contributed by atoms with Crippen molar-refractivity contribution in [1.82, 2.24) is 4.90 Å². The number of nitrogens with zero attached hydrogens (tertiary/aromatic N) is 1. The number of nitrogens with one attached hydrogen (secondary N) is 2. The first-order valence-electron chi connectivity index (χ1n) is 7.49. The zero-order valence-corrected chi connectivity index (χ0v) is 13.5. The molecule has 0 bridgehead atoms. The minimum absolute atomic E-state index is 0.00893. The minimum Gasteiger partial charge on any atom is -0.495 e. The van der Waals surface area contributed by atoms with Gasteiger partial charge in [0.05, 0.1) is 12.8 Å². The van der Waals surface area contributed by atoms with Crippen molar-refractivity contribution in [2.45, 2.75) is 26.2 Å². The lowest BCUT2D eigenvalue weighted by atomic mass is 10.2. The second kappa shape index (κ2) is 7.58. The molecule has 0 unspecified atom stereocenters. The van der Waals surface area contributed by atoms with Crippen molar-refractivity contribution < 1.29 is 23.9 Å². The second-order valence-corrected chi connectivity index (χ2v) is 5.33. The molecule has 0 radical (unpaired) electrons. The van der Waals surface area contributed by atoms with Crippen LogP contribution in [0.2, 0.25) is 0 Å². The molecule has 8 heteroatoms. The van der Waals surface area contributed by atoms with Crippen molar-refractivity contribution in [2.75, 3.05) is 24.3 Å². The van der Waals surface area contributed by atoms with Gasteiger partial charge in [-0.05, 0) is 18.2 Å². The van der Waals surface area contributed by atoms with Crippen LogP contribution < -0.4 is 15.4 Å². The summed E-state index contributed by atoms with van der Waals surface area (Å²) in [5.74, 6) is -0.661. The maximum absolute atomic E-state index is 12.1. The quantitative estimate of drug-likeness (QED) is 0.759. The van der Waals surface area contributed by atoms with Crippen LogP contribution in [0.3, 0.4) is 0 Å². The summed E-state index contributed by atoms with van der Waals surface area (Å²) in [5, 5.41) is 5.28. The van der Waals surface area contributed by atoms with Crippen LogP contribution >= 0.6 is 0 Å². The highest BCUT2D eigenvalue weighted by molar-refractivity contribution is 6.02. The van der Waals surface area contributed by atoms with Crippen LogP contribution in [-0.2, 0) is 19.2 Å². The Hall–Kier alpha value is -2.90. The predicted octanol–water partition coefficient (Wildman–Crippen LogP) is 1.13. The minimum atomic E-state index is -0.360. The fraction of sp³-hybridized carbons (Fsp3) is 0.375. The molecule has 1 aliphatic rings. The Morgan fingerprint density at radius 3 is 2.42 bits per heavy atom. The number of rotatable bonds is 6. The third kappa shape index (κ3) is 4.31. The second-order valence-electron chi connectivity index (χ2n) is 5.33. The molecular formula is C16H19N3O5. The Morgan fingerprint density at radius 2 is 1.83 bits per heavy atom. The van der Waals surface area contributed by atoms with Crippen LogP contribution in [-0.4, -0.2) is 42.2 Å². The van der Waals surface area contributed by atoms with E-state index in [0.717, 1.165) is 4.90 Å². The highest BCUT2D eigenvalue weighted by Crippen LogP contribution is 2.28. The van der Waals surface area contributed by atoms with Gasteiger partial charge >= 0.3 is 0 Å². The summed E-state index contributed by atoms with van der Waals surface area (Å²) in [5.41, 5.74) is 0.913. The van der Waals surface area contributed by atoms with Crippen molar-refractivity contribution in [2.24, 2.45) is 0 Å². The van der Waals surface area contributed by atoms with Gasteiger partial charge in [-0.15, -0.1) is 0 Å². The molecule has 0 saturated carbocycles. The molecule has 24 heavy (non-hydrogen) atoms. The maximum Gasteiger partial charge on any atom is 0.229 e. The summed E-state index contributed by atoms with van der Waals surface area (Å²) in [6.07, 6.45) is 0.394. The monoisotopic (exact) mass is 333 g/mol. The Labute approximate surface area is 139 Å². The number of carbonyl (C=O) groups excluding carboxylic acids is 4. The topological polar surface area (TPSA) is 105 Å². The van der Waals surface area contributed by atoms with E-state index in [0.29, 0.717) is 17.1 Å². The van der Waals surface area contributed by atoms with Crippen molar-refractivity contribution >= 4 is 35.0 Å². The smallest absolute Gasteiger partial charge is 0.229 e. The van der Waals surface area contributed by atoms with Crippen molar-refractivity contribution in [3.63, 3.8) is 0 Å². The van der Waals surface area contributed by atoms with Gasteiger partial charge in [0.2, 0.25) is 23.6 Å². The third-order valence-corrected chi connectivity index (χ3v) is 3.51. The number of likely N-dealkylation sites (tertiary alicyclic amines) is 1. The lowest BCUT2D eigenvalue weighted by Crippen LogP contribution is -2.32. The van der Waals surface area contributed by atoms with Gasteiger partial charge in [0.1, 0.15) is 5.75 Å². The number of amides is 4. The van der Waals surface area contributed by atoms with Gasteiger partial charge in [-0.1, -0.05) is 0 Å². The summed E-state index contributed by atoms with van der Waals surface area (Å²) >= 11 is 0. The number of hydrogen-bond acceptors (Lipinski definition) is 5. The van der Waals surface area contributed by atoms with Gasteiger partial charge in [0.25, 0.3) is 0 Å². The van der Waals surface area contributed by atoms with Gasteiger partial charge in [-0.25, -0.2) is 0 Å². The van der Waals surface area contributed by atoms with E-state index in [-0.39, 0.29) is 49.4 Å². The van der Waals surface area contributed by atoms with E-state index in [1.165, 1.54) is 14.0 Å². The van der Waals surface area contributed by atoms with Crippen LogP contribution in [0.5, 0.6) is 5.75 Å². The highest BCUT2D eigenvalue weighted by atomic mass is 16.5. The first-order valence-corrected chi connectivity index (χ1v) is 7.49. The number of methoxy groups -OCH3 is 1. The number of imide groups is 1. The molecule has 0 aromatic heterocycles.